The van der Waals surface area contributed by atoms with Crippen molar-refractivity contribution in [1.82, 2.24) is 15.2 Å². The second-order valence-electron chi connectivity index (χ2n) is 6.62. The van der Waals surface area contributed by atoms with Gasteiger partial charge in [0.1, 0.15) is 0 Å². The minimum absolute atomic E-state index is 0.0512. The molecule has 1 heterocycles. The number of carbonyl (C=O) groups excluding carboxylic acids is 2. The maximum atomic E-state index is 12.7. The van der Waals surface area contributed by atoms with E-state index >= 15 is 0 Å². The van der Waals surface area contributed by atoms with Gasteiger partial charge in [-0.25, -0.2) is 0 Å². The topological polar surface area (TPSA) is 62.3 Å². The molecule has 1 aromatic heterocycles. The van der Waals surface area contributed by atoms with Crippen LogP contribution in [0.2, 0.25) is 0 Å². The summed E-state index contributed by atoms with van der Waals surface area (Å²) < 4.78 is 0. The number of rotatable bonds is 6. The fraction of sp³-hybridized carbons (Fsp3) is 0.450. The van der Waals surface area contributed by atoms with Gasteiger partial charge in [0.2, 0.25) is 11.8 Å². The lowest BCUT2D eigenvalue weighted by Crippen LogP contribution is -2.43. The lowest BCUT2D eigenvalue weighted by atomic mass is 9.99. The van der Waals surface area contributed by atoms with Crippen molar-refractivity contribution in [2.45, 2.75) is 47.1 Å². The summed E-state index contributed by atoms with van der Waals surface area (Å²) in [6.45, 7) is 10.3. The van der Waals surface area contributed by atoms with E-state index in [9.17, 15) is 9.59 Å². The van der Waals surface area contributed by atoms with E-state index < -0.39 is 0 Å². The first-order valence-electron chi connectivity index (χ1n) is 8.75. The number of nitrogens with zero attached hydrogens (tertiary/aromatic N) is 2. The van der Waals surface area contributed by atoms with Gasteiger partial charge in [-0.15, -0.1) is 0 Å². The van der Waals surface area contributed by atoms with Gasteiger partial charge >= 0.3 is 0 Å². The van der Waals surface area contributed by atoms with E-state index in [1.807, 2.05) is 58.9 Å². The molecule has 0 unspecified atom stereocenters. The number of pyridine rings is 1. The lowest BCUT2D eigenvalue weighted by molar-refractivity contribution is -0.135. The smallest absolute Gasteiger partial charge is 0.239 e. The summed E-state index contributed by atoms with van der Waals surface area (Å²) in [5.74, 6) is -0.181. The Balaban J connectivity index is 2.21. The molecule has 0 spiro atoms. The van der Waals surface area contributed by atoms with E-state index in [0.29, 0.717) is 6.54 Å². The van der Waals surface area contributed by atoms with Crippen molar-refractivity contribution in [2.75, 3.05) is 13.1 Å². The second kappa shape index (κ2) is 8.10. The van der Waals surface area contributed by atoms with Crippen molar-refractivity contribution in [3.63, 3.8) is 0 Å². The molecule has 0 radical (unpaired) electrons. The number of hydrogen-bond donors (Lipinski definition) is 1. The molecule has 0 saturated heterocycles. The molecule has 5 nitrogen and oxygen atoms in total. The highest BCUT2D eigenvalue weighted by Crippen LogP contribution is 2.23. The van der Waals surface area contributed by atoms with Crippen LogP contribution in [0, 0.1) is 13.8 Å². The number of benzene rings is 1. The minimum atomic E-state index is -0.129. The van der Waals surface area contributed by atoms with Crippen LogP contribution < -0.4 is 5.32 Å². The largest absolute Gasteiger partial charge is 0.352 e. The minimum Gasteiger partial charge on any atom is -0.352 e. The van der Waals surface area contributed by atoms with Gasteiger partial charge in [-0.2, -0.15) is 0 Å². The number of amides is 2. The average molecular weight is 341 g/mol. The predicted octanol–water partition coefficient (Wildman–Crippen LogP) is 2.77. The average Bonchev–Trinajstić information content (AvgIpc) is 2.55. The van der Waals surface area contributed by atoms with E-state index in [1.165, 1.54) is 0 Å². The molecule has 2 aromatic rings. The van der Waals surface area contributed by atoms with Gasteiger partial charge in [0.05, 0.1) is 18.5 Å². The molecule has 0 saturated carbocycles. The molecule has 0 fully saturated rings. The van der Waals surface area contributed by atoms with Crippen molar-refractivity contribution in [3.8, 4) is 0 Å². The summed E-state index contributed by atoms with van der Waals surface area (Å²) in [6, 6.07) is 8.02. The maximum Gasteiger partial charge on any atom is 0.239 e. The number of para-hydroxylation sites is 1. The Hall–Kier alpha value is -2.43. The maximum absolute atomic E-state index is 12.7. The Bertz CT molecular complexity index is 784. The van der Waals surface area contributed by atoms with Gasteiger partial charge < -0.3 is 10.2 Å². The quantitative estimate of drug-likeness (QED) is 0.879. The van der Waals surface area contributed by atoms with Crippen LogP contribution in [0.3, 0.4) is 0 Å². The Labute approximate surface area is 149 Å². The molecule has 1 N–H and O–H groups in total. The van der Waals surface area contributed by atoms with E-state index in [4.69, 9.17) is 0 Å². The molecule has 2 rings (SSSR count). The van der Waals surface area contributed by atoms with Crippen LogP contribution in [0.25, 0.3) is 10.9 Å². The second-order valence-corrected chi connectivity index (χ2v) is 6.62. The first-order valence-corrected chi connectivity index (χ1v) is 8.75. The van der Waals surface area contributed by atoms with Crippen molar-refractivity contribution < 1.29 is 9.59 Å². The fourth-order valence-electron chi connectivity index (χ4n) is 3.01. The number of fused-ring (bicyclic) bond motifs is 1. The van der Waals surface area contributed by atoms with Crippen LogP contribution in [-0.4, -0.2) is 40.8 Å². The number of aromatic nitrogens is 1. The zero-order chi connectivity index (χ0) is 18.6. The van der Waals surface area contributed by atoms with Crippen molar-refractivity contribution in [2.24, 2.45) is 0 Å². The molecule has 0 aliphatic rings. The molecular weight excluding hydrogens is 314 g/mol. The third-order valence-electron chi connectivity index (χ3n) is 4.33. The molecule has 0 atom stereocenters. The van der Waals surface area contributed by atoms with Crippen molar-refractivity contribution in [1.29, 1.82) is 0 Å². The summed E-state index contributed by atoms with van der Waals surface area (Å²) in [5, 5.41) is 3.89. The number of likely N-dealkylation sites (N-methyl/N-ethyl adjacent to an activating group) is 1. The molecule has 134 valence electrons. The Morgan fingerprint density at radius 1 is 1.20 bits per heavy atom. The zero-order valence-electron chi connectivity index (χ0n) is 15.7. The van der Waals surface area contributed by atoms with Gasteiger partial charge in [-0.3, -0.25) is 14.6 Å². The fourth-order valence-corrected chi connectivity index (χ4v) is 3.01. The lowest BCUT2D eigenvalue weighted by Gasteiger charge is -2.22. The van der Waals surface area contributed by atoms with E-state index in [-0.39, 0.29) is 30.8 Å². The van der Waals surface area contributed by atoms with Gasteiger partial charge in [0.25, 0.3) is 0 Å². The Kier molecular flexibility index (Phi) is 6.12. The van der Waals surface area contributed by atoms with Crippen LogP contribution in [0.5, 0.6) is 0 Å². The standard InChI is InChI=1S/C20H27N3O2/c1-6-23(12-19(24)21-13(2)3)20(25)11-17-14(4)16-9-7-8-10-18(16)22-15(17)5/h7-10,13H,6,11-12H2,1-5H3,(H,21,24). The molecule has 1 aromatic carbocycles. The van der Waals surface area contributed by atoms with Gasteiger partial charge in [0.15, 0.2) is 0 Å². The highest BCUT2D eigenvalue weighted by atomic mass is 16.2. The number of hydrogen-bond acceptors (Lipinski definition) is 3. The molecular formula is C20H27N3O2. The highest BCUT2D eigenvalue weighted by Gasteiger charge is 2.19. The van der Waals surface area contributed by atoms with Crippen LogP contribution in [0.4, 0.5) is 0 Å². The van der Waals surface area contributed by atoms with Crippen molar-refractivity contribution >= 4 is 22.7 Å². The van der Waals surface area contributed by atoms with Crippen LogP contribution in [-0.2, 0) is 16.0 Å². The Morgan fingerprint density at radius 2 is 1.88 bits per heavy atom. The first kappa shape index (κ1) is 18.9. The summed E-state index contributed by atoms with van der Waals surface area (Å²) in [5.41, 5.74) is 3.84. The SMILES string of the molecule is CCN(CC(=O)NC(C)C)C(=O)Cc1c(C)nc2ccccc2c1C. The third-order valence-corrected chi connectivity index (χ3v) is 4.33. The summed E-state index contributed by atoms with van der Waals surface area (Å²) in [7, 11) is 0. The first-order chi connectivity index (χ1) is 11.8. The number of carbonyl (C=O) groups is 2. The van der Waals surface area contributed by atoms with Gasteiger partial charge in [-0.05, 0) is 51.8 Å². The van der Waals surface area contributed by atoms with Crippen LogP contribution in [0.1, 0.15) is 37.6 Å². The molecule has 2 amide bonds. The summed E-state index contributed by atoms with van der Waals surface area (Å²) in [6.07, 6.45) is 0.262. The monoisotopic (exact) mass is 341 g/mol. The normalized spacial score (nSPS) is 11.0. The number of aryl methyl sites for hydroxylation is 2. The molecule has 25 heavy (non-hydrogen) atoms. The number of nitrogens with one attached hydrogen (secondary N) is 1. The van der Waals surface area contributed by atoms with Crippen LogP contribution >= 0.6 is 0 Å². The van der Waals surface area contributed by atoms with Gasteiger partial charge in [0, 0.05) is 23.7 Å². The van der Waals surface area contributed by atoms with E-state index in [2.05, 4.69) is 10.3 Å². The highest BCUT2D eigenvalue weighted by molar-refractivity contribution is 5.88. The van der Waals surface area contributed by atoms with E-state index in [0.717, 1.165) is 27.7 Å². The Morgan fingerprint density at radius 3 is 2.52 bits per heavy atom. The van der Waals surface area contributed by atoms with Crippen molar-refractivity contribution in [3.05, 3.63) is 41.1 Å². The third kappa shape index (κ3) is 4.56. The molecule has 0 aliphatic heterocycles. The summed E-state index contributed by atoms with van der Waals surface area (Å²) >= 11 is 0. The summed E-state index contributed by atoms with van der Waals surface area (Å²) in [4.78, 5) is 30.9. The van der Waals surface area contributed by atoms with Crippen LogP contribution in [0.15, 0.2) is 24.3 Å². The van der Waals surface area contributed by atoms with Gasteiger partial charge in [-0.1, -0.05) is 18.2 Å². The van der Waals surface area contributed by atoms with E-state index in [1.54, 1.807) is 4.90 Å². The zero-order valence-corrected chi connectivity index (χ0v) is 15.7. The molecule has 5 heteroatoms. The predicted molar refractivity (Wildman–Crippen MR) is 100 cm³/mol. The molecule has 0 bridgehead atoms. The molecule has 0 aliphatic carbocycles.